The zero-order chi connectivity index (χ0) is 57.1. The van der Waals surface area contributed by atoms with Gasteiger partial charge in [-0.1, -0.05) is 234 Å². The third-order valence-corrected chi connectivity index (χ3v) is 15.2. The van der Waals surface area contributed by atoms with E-state index in [0.29, 0.717) is 25.7 Å². The van der Waals surface area contributed by atoms with Gasteiger partial charge in [0, 0.05) is 25.7 Å². The van der Waals surface area contributed by atoms with Crippen LogP contribution in [0.2, 0.25) is 0 Å². The molecule has 0 aliphatic carbocycles. The Hall–Kier alpha value is -1.94. The molecule has 5 atom stereocenters. The lowest BCUT2D eigenvalue weighted by Crippen LogP contribution is -2.30. The molecule has 0 aliphatic heterocycles. The minimum absolute atomic E-state index is 0.103. The zero-order valence-corrected chi connectivity index (χ0v) is 50.9. The van der Waals surface area contributed by atoms with Gasteiger partial charge in [0.25, 0.3) is 0 Å². The lowest BCUT2D eigenvalue weighted by atomic mass is 10.0. The summed E-state index contributed by atoms with van der Waals surface area (Å²) >= 11 is 0. The van der Waals surface area contributed by atoms with Gasteiger partial charge in [0.2, 0.25) is 0 Å². The summed E-state index contributed by atoms with van der Waals surface area (Å²) in [4.78, 5) is 71.5. The third-order valence-electron chi connectivity index (χ3n) is 13.3. The quantitative estimate of drug-likeness (QED) is 0.0222. The van der Waals surface area contributed by atoms with Crippen LogP contribution >= 0.6 is 15.6 Å². The lowest BCUT2D eigenvalue weighted by Gasteiger charge is -2.21. The Morgan fingerprint density at radius 1 is 0.351 bits per heavy atom. The van der Waals surface area contributed by atoms with Crippen molar-refractivity contribution in [2.75, 3.05) is 39.6 Å². The summed E-state index contributed by atoms with van der Waals surface area (Å²) in [5.74, 6) is -1.36. The molecule has 0 aromatic heterocycles. The Bertz CT molecular complexity index is 1520. The van der Waals surface area contributed by atoms with Crippen molar-refractivity contribution in [1.82, 2.24) is 0 Å². The molecular weight excluding hydrogens is 1030 g/mol. The minimum atomic E-state index is -4.93. The highest BCUT2D eigenvalue weighted by molar-refractivity contribution is 7.47. The van der Waals surface area contributed by atoms with Gasteiger partial charge in [-0.2, -0.15) is 0 Å². The maximum absolute atomic E-state index is 12.9. The van der Waals surface area contributed by atoms with Gasteiger partial charge in [-0.3, -0.25) is 37.3 Å². The van der Waals surface area contributed by atoms with Crippen LogP contribution < -0.4 is 0 Å². The first-order valence-electron chi connectivity index (χ1n) is 30.6. The molecule has 77 heavy (non-hydrogen) atoms. The van der Waals surface area contributed by atoms with Gasteiger partial charge in [0.1, 0.15) is 19.3 Å². The van der Waals surface area contributed by atoms with Crippen LogP contribution in [-0.4, -0.2) is 96.7 Å². The second-order valence-electron chi connectivity index (χ2n) is 21.5. The highest BCUT2D eigenvalue weighted by Gasteiger charge is 2.30. The Morgan fingerprint density at radius 2 is 0.597 bits per heavy atom. The molecule has 0 spiro atoms. The number of ether oxygens (including phenoxy) is 4. The maximum atomic E-state index is 12.9. The summed E-state index contributed by atoms with van der Waals surface area (Å²) in [5, 5.41) is 10.5. The van der Waals surface area contributed by atoms with Crippen LogP contribution in [0.3, 0.4) is 0 Å². The molecule has 0 radical (unpaired) electrons. The van der Waals surface area contributed by atoms with Crippen molar-refractivity contribution in [3.63, 3.8) is 0 Å². The summed E-state index contributed by atoms with van der Waals surface area (Å²) in [6, 6.07) is 0. The summed E-state index contributed by atoms with van der Waals surface area (Å²) in [5.41, 5.74) is 0. The summed E-state index contributed by atoms with van der Waals surface area (Å²) < 4.78 is 67.4. The number of unbranched alkanes of at least 4 members (excludes halogenated alkanes) is 30. The van der Waals surface area contributed by atoms with Crippen LogP contribution in [0, 0.1) is 5.92 Å². The molecule has 0 amide bonds. The summed E-state index contributed by atoms with van der Waals surface area (Å²) in [6.45, 7) is 7.01. The average molecular weight is 1140 g/mol. The van der Waals surface area contributed by atoms with Crippen molar-refractivity contribution in [1.29, 1.82) is 0 Å². The number of phosphoric acid groups is 2. The van der Waals surface area contributed by atoms with E-state index in [9.17, 15) is 43.2 Å². The summed E-state index contributed by atoms with van der Waals surface area (Å²) in [6.07, 6.45) is 34.0. The number of hydrogen-bond donors (Lipinski definition) is 3. The number of esters is 4. The van der Waals surface area contributed by atoms with Crippen molar-refractivity contribution in [3.05, 3.63) is 0 Å². The van der Waals surface area contributed by atoms with Crippen molar-refractivity contribution in [3.8, 4) is 0 Å². The zero-order valence-electron chi connectivity index (χ0n) is 49.1. The topological polar surface area (TPSA) is 237 Å². The van der Waals surface area contributed by atoms with Gasteiger partial charge < -0.3 is 33.8 Å². The monoisotopic (exact) mass is 1140 g/mol. The number of hydrogen-bond acceptors (Lipinski definition) is 15. The standard InChI is InChI=1S/C58H112O17P2/c1-6-9-12-15-17-28-32-37-42-56(61)69-48-54(75-58(63)44-39-34-29-25-23-21-19-18-20-22-24-27-31-35-40-51(4)5)50-73-77(66,67)71-46-52(59)45-70-76(64,65)72-49-53(47-68-55(60)41-36-30-14-11-8-3)74-57(62)43-38-33-26-16-13-10-7-2/h51-54,59H,6-50H2,1-5H3,(H,64,65)(H,66,67)/t52-,53+,54+/m0/s1. The predicted octanol–water partition coefficient (Wildman–Crippen LogP) is 15.5. The first-order valence-corrected chi connectivity index (χ1v) is 33.6. The Kier molecular flexibility index (Phi) is 50.8. The van der Waals surface area contributed by atoms with E-state index < -0.39 is 97.5 Å². The van der Waals surface area contributed by atoms with Gasteiger partial charge in [-0.05, 0) is 31.6 Å². The van der Waals surface area contributed by atoms with E-state index in [1.807, 2.05) is 0 Å². The molecule has 2 unspecified atom stereocenters. The van der Waals surface area contributed by atoms with Gasteiger partial charge in [-0.15, -0.1) is 0 Å². The van der Waals surface area contributed by atoms with Crippen LogP contribution in [-0.2, 0) is 65.4 Å². The fourth-order valence-corrected chi connectivity index (χ4v) is 10.1. The van der Waals surface area contributed by atoms with Gasteiger partial charge in [0.05, 0.1) is 26.4 Å². The number of aliphatic hydroxyl groups is 1. The average Bonchev–Trinajstić information content (AvgIpc) is 3.39. The van der Waals surface area contributed by atoms with Crippen molar-refractivity contribution in [2.45, 2.75) is 303 Å². The Morgan fingerprint density at radius 3 is 0.883 bits per heavy atom. The maximum Gasteiger partial charge on any atom is 0.472 e. The van der Waals surface area contributed by atoms with E-state index in [2.05, 4.69) is 34.6 Å². The van der Waals surface area contributed by atoms with Gasteiger partial charge >= 0.3 is 39.5 Å². The van der Waals surface area contributed by atoms with Gasteiger partial charge in [0.15, 0.2) is 12.2 Å². The van der Waals surface area contributed by atoms with Crippen molar-refractivity contribution >= 4 is 39.5 Å². The van der Waals surface area contributed by atoms with E-state index in [4.69, 9.17) is 37.0 Å². The van der Waals surface area contributed by atoms with Crippen LogP contribution in [0.1, 0.15) is 285 Å². The number of rotatable bonds is 58. The van der Waals surface area contributed by atoms with Crippen molar-refractivity contribution in [2.24, 2.45) is 5.92 Å². The van der Waals surface area contributed by atoms with E-state index in [1.165, 1.54) is 83.5 Å². The molecular formula is C58H112O17P2. The molecule has 0 saturated heterocycles. The molecule has 19 heteroatoms. The molecule has 0 aromatic carbocycles. The Labute approximate surface area is 467 Å². The SMILES string of the molecule is CCCCCCCCCCC(=O)OC[C@H](COP(=O)(O)OC[C@@H](O)COP(=O)(O)OC[C@@H](COC(=O)CCCCCCC)OC(=O)CCCCCCCCC)OC(=O)CCCCCCCCCCCCCCCCC(C)C. The van der Waals surface area contributed by atoms with E-state index >= 15 is 0 Å². The number of phosphoric ester groups is 2. The number of aliphatic hydroxyl groups excluding tert-OH is 1. The second kappa shape index (κ2) is 52.2. The van der Waals surface area contributed by atoms with Crippen molar-refractivity contribution < 1.29 is 80.2 Å². The third kappa shape index (κ3) is 53.2. The van der Waals surface area contributed by atoms with Gasteiger partial charge in [-0.25, -0.2) is 9.13 Å². The first kappa shape index (κ1) is 75.1. The van der Waals surface area contributed by atoms with E-state index in [0.717, 1.165) is 121 Å². The fourth-order valence-electron chi connectivity index (χ4n) is 8.52. The molecule has 0 bridgehead atoms. The molecule has 3 N–H and O–H groups in total. The molecule has 0 aromatic rings. The Balaban J connectivity index is 5.09. The first-order chi connectivity index (χ1) is 37.0. The molecule has 0 saturated carbocycles. The summed E-state index contributed by atoms with van der Waals surface area (Å²) in [7, 11) is -9.86. The minimum Gasteiger partial charge on any atom is -0.462 e. The molecule has 0 heterocycles. The van der Waals surface area contributed by atoms with Crippen LogP contribution in [0.5, 0.6) is 0 Å². The molecule has 0 aliphatic rings. The fraction of sp³-hybridized carbons (Fsp3) is 0.931. The normalized spacial score (nSPS) is 14.4. The highest BCUT2D eigenvalue weighted by Crippen LogP contribution is 2.45. The van der Waals surface area contributed by atoms with E-state index in [1.54, 1.807) is 0 Å². The van der Waals surface area contributed by atoms with E-state index in [-0.39, 0.29) is 25.7 Å². The largest absolute Gasteiger partial charge is 0.472 e. The van der Waals surface area contributed by atoms with Crippen LogP contribution in [0.15, 0.2) is 0 Å². The lowest BCUT2D eigenvalue weighted by molar-refractivity contribution is -0.161. The number of carbonyl (C=O) groups excluding carboxylic acids is 4. The van der Waals surface area contributed by atoms with Crippen LogP contribution in [0.25, 0.3) is 0 Å². The molecule has 0 rings (SSSR count). The second-order valence-corrected chi connectivity index (χ2v) is 24.4. The smallest absolute Gasteiger partial charge is 0.462 e. The highest BCUT2D eigenvalue weighted by atomic mass is 31.2. The predicted molar refractivity (Wildman–Crippen MR) is 303 cm³/mol. The molecule has 17 nitrogen and oxygen atoms in total. The molecule has 456 valence electrons. The number of carbonyl (C=O) groups is 4. The molecule has 0 fully saturated rings. The van der Waals surface area contributed by atoms with Crippen LogP contribution in [0.4, 0.5) is 0 Å².